The zero-order valence-electron chi connectivity index (χ0n) is 9.68. The summed E-state index contributed by atoms with van der Waals surface area (Å²) in [5, 5.41) is 11.7. The third-order valence-electron chi connectivity index (χ3n) is 2.59. The fourth-order valence-electron chi connectivity index (χ4n) is 1.60. The number of aromatic nitrogens is 4. The number of nitrogens with two attached hydrogens (primary N) is 1. The summed E-state index contributed by atoms with van der Waals surface area (Å²) in [5.74, 6) is 1.12. The van der Waals surface area contributed by atoms with Crippen molar-refractivity contribution in [1.82, 2.24) is 20.2 Å². The molecule has 0 aliphatic carbocycles. The van der Waals surface area contributed by atoms with E-state index in [-0.39, 0.29) is 5.92 Å². The molecule has 1 aromatic carbocycles. The first-order valence-corrected chi connectivity index (χ1v) is 5.25. The minimum absolute atomic E-state index is 0.274. The maximum atomic E-state index is 5.87. The first-order valence-electron chi connectivity index (χ1n) is 5.25. The van der Waals surface area contributed by atoms with E-state index in [0.717, 1.165) is 22.8 Å². The zero-order chi connectivity index (χ0) is 11.7. The molecule has 1 heterocycles. The quantitative estimate of drug-likeness (QED) is 0.777. The zero-order valence-corrected chi connectivity index (χ0v) is 9.68. The Morgan fingerprint density at radius 1 is 1.31 bits per heavy atom. The lowest BCUT2D eigenvalue weighted by atomic mass is 10.1. The third kappa shape index (κ3) is 1.64. The van der Waals surface area contributed by atoms with Crippen LogP contribution in [0.1, 0.15) is 31.2 Å². The van der Waals surface area contributed by atoms with Gasteiger partial charge in [0.05, 0.1) is 5.69 Å². The van der Waals surface area contributed by atoms with E-state index in [1.165, 1.54) is 0 Å². The number of anilines is 1. The number of rotatable bonds is 2. The largest absolute Gasteiger partial charge is 0.398 e. The number of tetrazole rings is 1. The Balaban J connectivity index is 2.59. The second-order valence-corrected chi connectivity index (χ2v) is 4.09. The van der Waals surface area contributed by atoms with E-state index in [9.17, 15) is 0 Å². The van der Waals surface area contributed by atoms with Crippen LogP contribution in [0.2, 0.25) is 0 Å². The smallest absolute Gasteiger partial charge is 0.159 e. The average molecular weight is 217 g/mol. The SMILES string of the molecule is Cc1c(N)cccc1-n1nnnc1C(C)C. The van der Waals surface area contributed by atoms with Gasteiger partial charge in [-0.15, -0.1) is 5.10 Å². The van der Waals surface area contributed by atoms with Crippen molar-refractivity contribution in [3.63, 3.8) is 0 Å². The van der Waals surface area contributed by atoms with Gasteiger partial charge in [-0.25, -0.2) is 0 Å². The van der Waals surface area contributed by atoms with Gasteiger partial charge in [0.15, 0.2) is 5.82 Å². The Kier molecular flexibility index (Phi) is 2.60. The van der Waals surface area contributed by atoms with Gasteiger partial charge < -0.3 is 5.73 Å². The van der Waals surface area contributed by atoms with Crippen LogP contribution in [0, 0.1) is 6.92 Å². The monoisotopic (exact) mass is 217 g/mol. The summed E-state index contributed by atoms with van der Waals surface area (Å²) < 4.78 is 1.75. The van der Waals surface area contributed by atoms with E-state index >= 15 is 0 Å². The summed E-state index contributed by atoms with van der Waals surface area (Å²) in [6.07, 6.45) is 0. The molecule has 2 rings (SSSR count). The molecule has 1 aromatic heterocycles. The minimum Gasteiger partial charge on any atom is -0.398 e. The lowest BCUT2D eigenvalue weighted by molar-refractivity contribution is 0.707. The number of hydrogen-bond acceptors (Lipinski definition) is 4. The van der Waals surface area contributed by atoms with Crippen LogP contribution < -0.4 is 5.73 Å². The van der Waals surface area contributed by atoms with E-state index in [0.29, 0.717) is 0 Å². The van der Waals surface area contributed by atoms with Crippen molar-refractivity contribution in [2.24, 2.45) is 0 Å². The molecule has 0 amide bonds. The molecule has 0 aliphatic rings. The highest BCUT2D eigenvalue weighted by atomic mass is 15.5. The van der Waals surface area contributed by atoms with Gasteiger partial charge in [-0.2, -0.15) is 4.68 Å². The molecule has 84 valence electrons. The molecule has 2 aromatic rings. The molecule has 2 N–H and O–H groups in total. The minimum atomic E-state index is 0.274. The van der Waals surface area contributed by atoms with Crippen molar-refractivity contribution < 1.29 is 0 Å². The van der Waals surface area contributed by atoms with Gasteiger partial charge in [0.1, 0.15) is 0 Å². The normalized spacial score (nSPS) is 11.0. The van der Waals surface area contributed by atoms with Gasteiger partial charge >= 0.3 is 0 Å². The molecular formula is C11H15N5. The lowest BCUT2D eigenvalue weighted by Gasteiger charge is -2.10. The van der Waals surface area contributed by atoms with Crippen LogP contribution in [0.4, 0.5) is 5.69 Å². The van der Waals surface area contributed by atoms with Crippen LogP contribution in [-0.2, 0) is 0 Å². The lowest BCUT2D eigenvalue weighted by Crippen LogP contribution is -2.07. The first-order chi connectivity index (χ1) is 7.61. The summed E-state index contributed by atoms with van der Waals surface area (Å²) in [6, 6.07) is 5.75. The predicted octanol–water partition coefficient (Wildman–Crippen LogP) is 1.68. The summed E-state index contributed by atoms with van der Waals surface area (Å²) in [5.41, 5.74) is 8.56. The highest BCUT2D eigenvalue weighted by Gasteiger charge is 2.13. The maximum absolute atomic E-state index is 5.87. The van der Waals surface area contributed by atoms with Crippen LogP contribution in [0.25, 0.3) is 5.69 Å². The molecule has 0 saturated carbocycles. The second kappa shape index (κ2) is 3.92. The Bertz CT molecular complexity index is 501. The highest BCUT2D eigenvalue weighted by molar-refractivity contribution is 5.56. The molecule has 0 bridgehead atoms. The second-order valence-electron chi connectivity index (χ2n) is 4.09. The van der Waals surface area contributed by atoms with Crippen LogP contribution in [-0.4, -0.2) is 20.2 Å². The number of nitrogen functional groups attached to an aromatic ring is 1. The Morgan fingerprint density at radius 3 is 2.75 bits per heavy atom. The molecular weight excluding hydrogens is 202 g/mol. The van der Waals surface area contributed by atoms with Crippen molar-refractivity contribution in [3.8, 4) is 5.69 Å². The van der Waals surface area contributed by atoms with E-state index in [2.05, 4.69) is 29.4 Å². The maximum Gasteiger partial charge on any atom is 0.159 e. The van der Waals surface area contributed by atoms with Crippen LogP contribution in [0.3, 0.4) is 0 Å². The van der Waals surface area contributed by atoms with Gasteiger partial charge in [0.25, 0.3) is 0 Å². The number of benzene rings is 1. The summed E-state index contributed by atoms with van der Waals surface area (Å²) >= 11 is 0. The molecule has 16 heavy (non-hydrogen) atoms. The molecule has 0 aliphatic heterocycles. The molecule has 0 atom stereocenters. The fraction of sp³-hybridized carbons (Fsp3) is 0.364. The van der Waals surface area contributed by atoms with E-state index in [4.69, 9.17) is 5.73 Å². The van der Waals surface area contributed by atoms with Gasteiger partial charge in [0, 0.05) is 11.6 Å². The Morgan fingerprint density at radius 2 is 2.06 bits per heavy atom. The van der Waals surface area contributed by atoms with Crippen molar-refractivity contribution in [1.29, 1.82) is 0 Å². The molecule has 0 saturated heterocycles. The van der Waals surface area contributed by atoms with Crippen molar-refractivity contribution in [2.45, 2.75) is 26.7 Å². The third-order valence-corrected chi connectivity index (χ3v) is 2.59. The van der Waals surface area contributed by atoms with E-state index in [1.807, 2.05) is 25.1 Å². The molecule has 0 unspecified atom stereocenters. The standard InChI is InChI=1S/C11H15N5/c1-7(2)11-13-14-15-16(11)10-6-4-5-9(12)8(10)3/h4-7H,12H2,1-3H3. The van der Waals surface area contributed by atoms with Gasteiger partial charge in [0.2, 0.25) is 0 Å². The molecule has 0 fully saturated rings. The van der Waals surface area contributed by atoms with Crippen LogP contribution >= 0.6 is 0 Å². The highest BCUT2D eigenvalue weighted by Crippen LogP contribution is 2.21. The van der Waals surface area contributed by atoms with Crippen molar-refractivity contribution in [2.75, 3.05) is 5.73 Å². The summed E-state index contributed by atoms with van der Waals surface area (Å²) in [7, 11) is 0. The van der Waals surface area contributed by atoms with Crippen molar-refractivity contribution >= 4 is 5.69 Å². The van der Waals surface area contributed by atoms with E-state index < -0.39 is 0 Å². The topological polar surface area (TPSA) is 69.6 Å². The van der Waals surface area contributed by atoms with Gasteiger partial charge in [-0.1, -0.05) is 19.9 Å². The van der Waals surface area contributed by atoms with Gasteiger partial charge in [-0.3, -0.25) is 0 Å². The fourth-order valence-corrected chi connectivity index (χ4v) is 1.60. The predicted molar refractivity (Wildman–Crippen MR) is 62.4 cm³/mol. The molecule has 0 spiro atoms. The number of nitrogens with zero attached hydrogens (tertiary/aromatic N) is 4. The van der Waals surface area contributed by atoms with Crippen LogP contribution in [0.5, 0.6) is 0 Å². The van der Waals surface area contributed by atoms with E-state index in [1.54, 1.807) is 4.68 Å². The molecule has 5 heteroatoms. The van der Waals surface area contributed by atoms with Gasteiger partial charge in [-0.05, 0) is 35.0 Å². The van der Waals surface area contributed by atoms with Crippen molar-refractivity contribution in [3.05, 3.63) is 29.6 Å². The Labute approximate surface area is 94.3 Å². The first kappa shape index (κ1) is 10.6. The Hall–Kier alpha value is -1.91. The molecule has 5 nitrogen and oxygen atoms in total. The summed E-state index contributed by atoms with van der Waals surface area (Å²) in [6.45, 7) is 6.09. The average Bonchev–Trinajstić information content (AvgIpc) is 2.70. The molecule has 0 radical (unpaired) electrons. The number of hydrogen-bond donors (Lipinski definition) is 1. The van der Waals surface area contributed by atoms with Crippen LogP contribution in [0.15, 0.2) is 18.2 Å². The summed E-state index contributed by atoms with van der Waals surface area (Å²) in [4.78, 5) is 0.